The molecule has 30 heavy (non-hydrogen) atoms. The Morgan fingerprint density at radius 1 is 1.07 bits per heavy atom. The lowest BCUT2D eigenvalue weighted by Gasteiger charge is -2.34. The largest absolute Gasteiger partial charge is 0.497 e. The number of ether oxygens (including phenoxy) is 1. The van der Waals surface area contributed by atoms with Gasteiger partial charge in [0.15, 0.2) is 0 Å². The molecule has 2 aromatic carbocycles. The number of fused-ring (bicyclic) bond motifs is 1. The lowest BCUT2D eigenvalue weighted by molar-refractivity contribution is -0.132. The van der Waals surface area contributed by atoms with Crippen molar-refractivity contribution in [3.8, 4) is 5.75 Å². The van der Waals surface area contributed by atoms with E-state index >= 15 is 0 Å². The van der Waals surface area contributed by atoms with E-state index in [9.17, 15) is 9.59 Å². The van der Waals surface area contributed by atoms with E-state index in [1.54, 1.807) is 13.4 Å². The van der Waals surface area contributed by atoms with Gasteiger partial charge >= 0.3 is 0 Å². The average Bonchev–Trinajstić information content (AvgIpc) is 3.16. The summed E-state index contributed by atoms with van der Waals surface area (Å²) < 4.78 is 10.8. The molecule has 3 aromatic rings. The number of hydrogen-bond acceptors (Lipinski definition) is 5. The number of piperazine rings is 1. The van der Waals surface area contributed by atoms with Crippen LogP contribution in [-0.4, -0.2) is 61.4 Å². The molecule has 7 nitrogen and oxygen atoms in total. The van der Waals surface area contributed by atoms with E-state index in [-0.39, 0.29) is 11.8 Å². The molecule has 1 N–H and O–H groups in total. The fraction of sp³-hybridized carbons (Fsp3) is 0.304. The summed E-state index contributed by atoms with van der Waals surface area (Å²) in [7, 11) is 1.61. The van der Waals surface area contributed by atoms with Crippen molar-refractivity contribution in [2.45, 2.75) is 6.42 Å². The lowest BCUT2D eigenvalue weighted by Crippen LogP contribution is -2.50. The molecule has 2 heterocycles. The van der Waals surface area contributed by atoms with E-state index in [1.807, 2.05) is 53.4 Å². The molecular weight excluding hydrogens is 382 g/mol. The van der Waals surface area contributed by atoms with Gasteiger partial charge in [0.1, 0.15) is 11.3 Å². The number of carbonyl (C=O) groups is 2. The van der Waals surface area contributed by atoms with E-state index in [4.69, 9.17) is 9.15 Å². The number of rotatable bonds is 6. The molecule has 0 aliphatic carbocycles. The summed E-state index contributed by atoms with van der Waals surface area (Å²) in [6, 6.07) is 15.0. The van der Waals surface area contributed by atoms with Gasteiger partial charge in [0.25, 0.3) is 0 Å². The summed E-state index contributed by atoms with van der Waals surface area (Å²) in [5.41, 5.74) is 2.38. The highest BCUT2D eigenvalue weighted by Crippen LogP contribution is 2.26. The molecule has 0 bridgehead atoms. The first-order valence-corrected chi connectivity index (χ1v) is 10.0. The second-order valence-electron chi connectivity index (χ2n) is 7.37. The maximum atomic E-state index is 12.8. The van der Waals surface area contributed by atoms with Crippen LogP contribution in [0.2, 0.25) is 0 Å². The summed E-state index contributed by atoms with van der Waals surface area (Å²) in [4.78, 5) is 28.9. The van der Waals surface area contributed by atoms with Crippen LogP contribution >= 0.6 is 0 Å². The Bertz CT molecular complexity index is 1020. The van der Waals surface area contributed by atoms with Crippen molar-refractivity contribution in [2.75, 3.05) is 45.2 Å². The molecule has 1 aromatic heterocycles. The minimum absolute atomic E-state index is 0.0405. The third kappa shape index (κ3) is 4.63. The number of furan rings is 1. The number of methoxy groups -OCH3 is 1. The molecule has 0 atom stereocenters. The van der Waals surface area contributed by atoms with Crippen LogP contribution in [0.15, 0.2) is 59.2 Å². The van der Waals surface area contributed by atoms with Gasteiger partial charge < -0.3 is 19.4 Å². The van der Waals surface area contributed by atoms with Crippen molar-refractivity contribution in [2.24, 2.45) is 0 Å². The second-order valence-corrected chi connectivity index (χ2v) is 7.37. The summed E-state index contributed by atoms with van der Waals surface area (Å²) in [6.07, 6.45) is 1.94. The third-order valence-corrected chi connectivity index (χ3v) is 5.35. The van der Waals surface area contributed by atoms with Gasteiger partial charge in [-0.1, -0.05) is 18.2 Å². The molecular formula is C23H25N3O4. The molecule has 2 amide bonds. The van der Waals surface area contributed by atoms with Crippen LogP contribution in [0.4, 0.5) is 5.69 Å². The highest BCUT2D eigenvalue weighted by Gasteiger charge is 2.23. The quantitative estimate of drug-likeness (QED) is 0.680. The monoisotopic (exact) mass is 407 g/mol. The minimum atomic E-state index is -0.0405. The number of benzene rings is 2. The highest BCUT2D eigenvalue weighted by atomic mass is 16.5. The zero-order valence-electron chi connectivity index (χ0n) is 17.0. The second kappa shape index (κ2) is 9.00. The SMILES string of the molecule is COc1ccc2c(CC(=O)N3CCN(CC(=O)Nc4ccccc4)CC3)coc2c1. The Labute approximate surface area is 175 Å². The minimum Gasteiger partial charge on any atom is -0.497 e. The predicted molar refractivity (Wildman–Crippen MR) is 115 cm³/mol. The van der Waals surface area contributed by atoms with Crippen LogP contribution in [0, 0.1) is 0 Å². The normalized spacial score (nSPS) is 14.6. The van der Waals surface area contributed by atoms with Gasteiger partial charge in [-0.15, -0.1) is 0 Å². The maximum Gasteiger partial charge on any atom is 0.238 e. The molecule has 4 rings (SSSR count). The zero-order chi connectivity index (χ0) is 20.9. The number of amides is 2. The van der Waals surface area contributed by atoms with Crippen LogP contribution in [0.5, 0.6) is 5.75 Å². The van der Waals surface area contributed by atoms with Gasteiger partial charge in [-0.3, -0.25) is 14.5 Å². The highest BCUT2D eigenvalue weighted by molar-refractivity contribution is 5.92. The molecule has 1 saturated heterocycles. The van der Waals surface area contributed by atoms with Gasteiger partial charge in [-0.2, -0.15) is 0 Å². The summed E-state index contributed by atoms with van der Waals surface area (Å²) in [5.74, 6) is 0.755. The number of anilines is 1. The molecule has 7 heteroatoms. The van der Waals surface area contributed by atoms with Gasteiger partial charge in [0.05, 0.1) is 26.3 Å². The molecule has 1 fully saturated rings. The summed E-state index contributed by atoms with van der Waals surface area (Å²) >= 11 is 0. The molecule has 156 valence electrons. The van der Waals surface area contributed by atoms with E-state index in [2.05, 4.69) is 10.2 Å². The molecule has 1 aliphatic rings. The Morgan fingerprint density at radius 3 is 2.57 bits per heavy atom. The molecule has 0 unspecified atom stereocenters. The van der Waals surface area contributed by atoms with Crippen molar-refractivity contribution < 1.29 is 18.7 Å². The standard InChI is InChI=1S/C23H25N3O4/c1-29-19-7-8-20-17(16-30-21(20)14-19)13-23(28)26-11-9-25(10-12-26)15-22(27)24-18-5-3-2-4-6-18/h2-8,14,16H,9-13,15H2,1H3,(H,24,27). The molecule has 1 aliphatic heterocycles. The first-order valence-electron chi connectivity index (χ1n) is 10.0. The number of para-hydroxylation sites is 1. The summed E-state index contributed by atoms with van der Waals surface area (Å²) in [6.45, 7) is 2.90. The zero-order valence-corrected chi connectivity index (χ0v) is 17.0. The number of nitrogens with one attached hydrogen (secondary N) is 1. The first-order chi connectivity index (χ1) is 14.6. The fourth-order valence-corrected chi connectivity index (χ4v) is 3.68. The van der Waals surface area contributed by atoms with Crippen LogP contribution in [0.25, 0.3) is 11.0 Å². The fourth-order valence-electron chi connectivity index (χ4n) is 3.68. The number of hydrogen-bond donors (Lipinski definition) is 1. The third-order valence-electron chi connectivity index (χ3n) is 5.35. The van der Waals surface area contributed by atoms with Crippen molar-refractivity contribution in [1.29, 1.82) is 0 Å². The smallest absolute Gasteiger partial charge is 0.238 e. The van der Waals surface area contributed by atoms with Crippen LogP contribution in [-0.2, 0) is 16.0 Å². The van der Waals surface area contributed by atoms with Gasteiger partial charge in [0.2, 0.25) is 11.8 Å². The Hall–Kier alpha value is -3.32. The van der Waals surface area contributed by atoms with Gasteiger partial charge in [0, 0.05) is 48.9 Å². The molecule has 0 radical (unpaired) electrons. The predicted octanol–water partition coefficient (Wildman–Crippen LogP) is 2.77. The van der Waals surface area contributed by atoms with E-state index in [1.165, 1.54) is 0 Å². The molecule has 0 saturated carbocycles. The average molecular weight is 407 g/mol. The van der Waals surface area contributed by atoms with Crippen LogP contribution < -0.4 is 10.1 Å². The number of carbonyl (C=O) groups excluding carboxylic acids is 2. The summed E-state index contributed by atoms with van der Waals surface area (Å²) in [5, 5.41) is 3.83. The van der Waals surface area contributed by atoms with Crippen molar-refractivity contribution in [3.63, 3.8) is 0 Å². The van der Waals surface area contributed by atoms with Crippen molar-refractivity contribution in [1.82, 2.24) is 9.80 Å². The topological polar surface area (TPSA) is 75.0 Å². The van der Waals surface area contributed by atoms with E-state index < -0.39 is 0 Å². The van der Waals surface area contributed by atoms with Crippen molar-refractivity contribution in [3.05, 3.63) is 60.4 Å². The van der Waals surface area contributed by atoms with Crippen molar-refractivity contribution >= 4 is 28.5 Å². The Balaban J connectivity index is 1.28. The Morgan fingerprint density at radius 2 is 1.83 bits per heavy atom. The Kier molecular flexibility index (Phi) is 5.99. The van der Waals surface area contributed by atoms with Gasteiger partial charge in [-0.05, 0) is 24.3 Å². The first kappa shape index (κ1) is 20.0. The molecule has 0 spiro atoms. The van der Waals surface area contributed by atoms with Crippen LogP contribution in [0.1, 0.15) is 5.56 Å². The van der Waals surface area contributed by atoms with E-state index in [0.717, 1.165) is 22.4 Å². The number of nitrogens with zero attached hydrogens (tertiary/aromatic N) is 2. The van der Waals surface area contributed by atoms with E-state index in [0.29, 0.717) is 44.7 Å². The lowest BCUT2D eigenvalue weighted by atomic mass is 10.1. The maximum absolute atomic E-state index is 12.8. The van der Waals surface area contributed by atoms with Gasteiger partial charge in [-0.25, -0.2) is 0 Å². The van der Waals surface area contributed by atoms with Crippen LogP contribution in [0.3, 0.4) is 0 Å².